The maximum Gasteiger partial charge on any atom is 0.253 e. The van der Waals surface area contributed by atoms with E-state index in [-0.39, 0.29) is 11.8 Å². The molecule has 4 nitrogen and oxygen atoms in total. The topological polar surface area (TPSA) is 40.6 Å². The third-order valence-electron chi connectivity index (χ3n) is 5.18. The fourth-order valence-electron chi connectivity index (χ4n) is 3.51. The molecule has 3 aromatic carbocycles. The molecule has 0 unspecified atom stereocenters. The summed E-state index contributed by atoms with van der Waals surface area (Å²) in [6, 6.07) is 24.7. The molecule has 0 aliphatic carbocycles. The van der Waals surface area contributed by atoms with Crippen LogP contribution < -0.4 is 0 Å². The van der Waals surface area contributed by atoms with Crippen molar-refractivity contribution in [3.8, 4) is 11.1 Å². The summed E-state index contributed by atoms with van der Waals surface area (Å²) in [5.41, 5.74) is 3.49. The average molecular weight is 405 g/mol. The third-order valence-corrected chi connectivity index (χ3v) is 5.44. The van der Waals surface area contributed by atoms with Crippen molar-refractivity contribution in [1.29, 1.82) is 0 Å². The highest BCUT2D eigenvalue weighted by molar-refractivity contribution is 6.30. The van der Waals surface area contributed by atoms with Crippen LogP contribution in [0.25, 0.3) is 11.1 Å². The number of hydrogen-bond acceptors (Lipinski definition) is 2. The van der Waals surface area contributed by atoms with Gasteiger partial charge in [-0.1, -0.05) is 54.1 Å². The van der Waals surface area contributed by atoms with E-state index in [0.717, 1.165) is 11.1 Å². The molecule has 1 heterocycles. The molecule has 29 heavy (non-hydrogen) atoms. The first-order chi connectivity index (χ1) is 14.1. The summed E-state index contributed by atoms with van der Waals surface area (Å²) in [4.78, 5) is 29.0. The van der Waals surface area contributed by atoms with Gasteiger partial charge in [0.1, 0.15) is 0 Å². The number of hydrogen-bond donors (Lipinski definition) is 0. The number of benzene rings is 3. The zero-order chi connectivity index (χ0) is 20.2. The first-order valence-electron chi connectivity index (χ1n) is 9.61. The first-order valence-corrected chi connectivity index (χ1v) is 9.99. The minimum absolute atomic E-state index is 0.00297. The predicted octanol–water partition coefficient (Wildman–Crippen LogP) is 4.61. The molecule has 0 aromatic heterocycles. The largest absolute Gasteiger partial charge is 0.335 e. The fraction of sp³-hybridized carbons (Fsp3) is 0.167. The number of rotatable bonds is 3. The maximum atomic E-state index is 12.8. The summed E-state index contributed by atoms with van der Waals surface area (Å²) in [6.45, 7) is 2.10. The molecule has 4 rings (SSSR count). The van der Waals surface area contributed by atoms with E-state index in [9.17, 15) is 9.59 Å². The molecule has 3 aromatic rings. The first kappa shape index (κ1) is 19.2. The Morgan fingerprint density at radius 2 is 1.00 bits per heavy atom. The molecule has 2 amide bonds. The Labute approximate surface area is 175 Å². The number of carbonyl (C=O) groups excluding carboxylic acids is 2. The lowest BCUT2D eigenvalue weighted by atomic mass is 10.0. The summed E-state index contributed by atoms with van der Waals surface area (Å²) < 4.78 is 0. The van der Waals surface area contributed by atoms with Crippen LogP contribution in [0.15, 0.2) is 78.9 Å². The molecule has 0 spiro atoms. The van der Waals surface area contributed by atoms with E-state index < -0.39 is 0 Å². The Morgan fingerprint density at radius 3 is 1.48 bits per heavy atom. The zero-order valence-corrected chi connectivity index (χ0v) is 16.7. The van der Waals surface area contributed by atoms with E-state index in [1.807, 2.05) is 59.5 Å². The quantitative estimate of drug-likeness (QED) is 0.639. The average Bonchev–Trinajstić information content (AvgIpc) is 2.79. The normalized spacial score (nSPS) is 14.0. The molecular weight excluding hydrogens is 384 g/mol. The number of piperazine rings is 1. The van der Waals surface area contributed by atoms with Crippen LogP contribution in [0.1, 0.15) is 20.7 Å². The monoisotopic (exact) mass is 404 g/mol. The minimum Gasteiger partial charge on any atom is -0.335 e. The van der Waals surface area contributed by atoms with Crippen LogP contribution in [-0.4, -0.2) is 47.8 Å². The van der Waals surface area contributed by atoms with Crippen molar-refractivity contribution in [2.24, 2.45) is 0 Å². The van der Waals surface area contributed by atoms with Crippen molar-refractivity contribution in [3.05, 3.63) is 95.0 Å². The van der Waals surface area contributed by atoms with Crippen molar-refractivity contribution in [1.82, 2.24) is 9.80 Å². The Kier molecular flexibility index (Phi) is 5.63. The number of halogens is 1. The molecule has 1 aliphatic heterocycles. The van der Waals surface area contributed by atoms with Crippen molar-refractivity contribution < 1.29 is 9.59 Å². The number of nitrogens with zero attached hydrogens (tertiary/aromatic N) is 2. The zero-order valence-electron chi connectivity index (χ0n) is 15.9. The standard InChI is InChI=1S/C24H21ClN2O2/c25-22-12-10-21(11-13-22)24(29)27-16-14-26(15-17-27)23(28)20-8-6-19(7-9-20)18-4-2-1-3-5-18/h1-13H,14-17H2. The van der Waals surface area contributed by atoms with Gasteiger partial charge >= 0.3 is 0 Å². The molecule has 146 valence electrons. The molecule has 1 aliphatic rings. The molecule has 1 saturated heterocycles. The van der Waals surface area contributed by atoms with Gasteiger partial charge in [0.25, 0.3) is 11.8 Å². The molecule has 0 radical (unpaired) electrons. The lowest BCUT2D eigenvalue weighted by molar-refractivity contribution is 0.0535. The number of carbonyl (C=O) groups is 2. The van der Waals surface area contributed by atoms with E-state index in [4.69, 9.17) is 11.6 Å². The van der Waals surface area contributed by atoms with Crippen LogP contribution in [0, 0.1) is 0 Å². The summed E-state index contributed by atoms with van der Waals surface area (Å²) in [5, 5.41) is 0.607. The van der Waals surface area contributed by atoms with Crippen molar-refractivity contribution in [3.63, 3.8) is 0 Å². The van der Waals surface area contributed by atoms with Crippen LogP contribution in [0.5, 0.6) is 0 Å². The van der Waals surface area contributed by atoms with Crippen LogP contribution >= 0.6 is 11.6 Å². The molecule has 0 atom stereocenters. The van der Waals surface area contributed by atoms with Crippen LogP contribution in [0.3, 0.4) is 0 Å². The van der Waals surface area contributed by atoms with E-state index in [1.165, 1.54) is 0 Å². The van der Waals surface area contributed by atoms with Crippen molar-refractivity contribution >= 4 is 23.4 Å². The van der Waals surface area contributed by atoms with Crippen LogP contribution in [0.4, 0.5) is 0 Å². The smallest absolute Gasteiger partial charge is 0.253 e. The lowest BCUT2D eigenvalue weighted by Gasteiger charge is -2.35. The van der Waals surface area contributed by atoms with Crippen molar-refractivity contribution in [2.45, 2.75) is 0 Å². The highest BCUT2D eigenvalue weighted by Crippen LogP contribution is 2.20. The lowest BCUT2D eigenvalue weighted by Crippen LogP contribution is -2.50. The summed E-state index contributed by atoms with van der Waals surface area (Å²) in [6.07, 6.45) is 0. The minimum atomic E-state index is -0.0269. The second-order valence-corrected chi connectivity index (χ2v) is 7.47. The summed E-state index contributed by atoms with van der Waals surface area (Å²) in [5.74, 6) is -0.0239. The molecule has 0 N–H and O–H groups in total. The van der Waals surface area contributed by atoms with Gasteiger partial charge in [-0.25, -0.2) is 0 Å². The highest BCUT2D eigenvalue weighted by atomic mass is 35.5. The van der Waals surface area contributed by atoms with Gasteiger partial charge in [-0.2, -0.15) is 0 Å². The van der Waals surface area contributed by atoms with Gasteiger partial charge in [0.2, 0.25) is 0 Å². The van der Waals surface area contributed by atoms with Gasteiger partial charge in [0.15, 0.2) is 0 Å². The maximum absolute atomic E-state index is 12.8. The molecule has 5 heteroatoms. The van der Waals surface area contributed by atoms with Crippen molar-refractivity contribution in [2.75, 3.05) is 26.2 Å². The molecular formula is C24H21ClN2O2. The Hall–Kier alpha value is -3.11. The Bertz CT molecular complexity index is 993. The van der Waals surface area contributed by atoms with Crippen LogP contribution in [-0.2, 0) is 0 Å². The van der Waals surface area contributed by atoms with E-state index >= 15 is 0 Å². The van der Waals surface area contributed by atoms with Crippen LogP contribution in [0.2, 0.25) is 5.02 Å². The summed E-state index contributed by atoms with van der Waals surface area (Å²) in [7, 11) is 0. The second-order valence-electron chi connectivity index (χ2n) is 7.03. The van der Waals surface area contributed by atoms with E-state index in [1.54, 1.807) is 29.2 Å². The molecule has 0 saturated carbocycles. The number of amides is 2. The Balaban J connectivity index is 1.37. The predicted molar refractivity (Wildman–Crippen MR) is 115 cm³/mol. The highest BCUT2D eigenvalue weighted by Gasteiger charge is 2.25. The van der Waals surface area contributed by atoms with E-state index in [0.29, 0.717) is 42.3 Å². The van der Waals surface area contributed by atoms with Gasteiger partial charge in [-0.05, 0) is 47.5 Å². The SMILES string of the molecule is O=C(c1ccc(Cl)cc1)N1CCN(C(=O)c2ccc(-c3ccccc3)cc2)CC1. The van der Waals surface area contributed by atoms with Gasteiger partial charge in [0.05, 0.1) is 0 Å². The van der Waals surface area contributed by atoms with Gasteiger partial charge in [-0.3, -0.25) is 9.59 Å². The molecule has 1 fully saturated rings. The van der Waals surface area contributed by atoms with Gasteiger partial charge in [-0.15, -0.1) is 0 Å². The summed E-state index contributed by atoms with van der Waals surface area (Å²) >= 11 is 5.89. The second kappa shape index (κ2) is 8.50. The third kappa shape index (κ3) is 4.33. The van der Waals surface area contributed by atoms with Gasteiger partial charge < -0.3 is 9.80 Å². The van der Waals surface area contributed by atoms with Gasteiger partial charge in [0, 0.05) is 42.3 Å². The Morgan fingerprint density at radius 1 is 0.586 bits per heavy atom. The van der Waals surface area contributed by atoms with E-state index in [2.05, 4.69) is 0 Å². The molecule has 0 bridgehead atoms. The fourth-order valence-corrected chi connectivity index (χ4v) is 3.63.